The van der Waals surface area contributed by atoms with E-state index in [0.717, 1.165) is 23.1 Å². The summed E-state index contributed by atoms with van der Waals surface area (Å²) in [7, 11) is 0. The van der Waals surface area contributed by atoms with Gasteiger partial charge in [-0.2, -0.15) is 4.68 Å². The van der Waals surface area contributed by atoms with E-state index in [2.05, 4.69) is 39.9 Å². The van der Waals surface area contributed by atoms with Crippen molar-refractivity contribution in [1.82, 2.24) is 20.2 Å². The molecular formula is C14H19N5. The van der Waals surface area contributed by atoms with Crippen molar-refractivity contribution in [2.24, 2.45) is 5.92 Å². The summed E-state index contributed by atoms with van der Waals surface area (Å²) in [5, 5.41) is 15.2. The first-order valence-corrected chi connectivity index (χ1v) is 6.90. The largest absolute Gasteiger partial charge is 0.382 e. The van der Waals surface area contributed by atoms with E-state index in [9.17, 15) is 0 Å². The lowest BCUT2D eigenvalue weighted by atomic mass is 10.1. The first kappa shape index (κ1) is 12.1. The molecule has 1 atom stereocenters. The fourth-order valence-electron chi connectivity index (χ4n) is 2.46. The van der Waals surface area contributed by atoms with E-state index in [1.165, 1.54) is 19.3 Å². The third kappa shape index (κ3) is 2.59. The van der Waals surface area contributed by atoms with Crippen LogP contribution in [0.3, 0.4) is 0 Å². The van der Waals surface area contributed by atoms with Crippen molar-refractivity contribution in [2.45, 2.75) is 39.2 Å². The molecule has 5 nitrogen and oxygen atoms in total. The number of nitrogens with zero attached hydrogens (tertiary/aromatic N) is 4. The van der Waals surface area contributed by atoms with Crippen LogP contribution in [0.5, 0.6) is 0 Å². The molecule has 19 heavy (non-hydrogen) atoms. The van der Waals surface area contributed by atoms with E-state index >= 15 is 0 Å². The molecule has 1 aliphatic carbocycles. The van der Waals surface area contributed by atoms with Gasteiger partial charge in [-0.3, -0.25) is 0 Å². The number of rotatable bonds is 5. The Morgan fingerprint density at radius 3 is 2.89 bits per heavy atom. The van der Waals surface area contributed by atoms with Crippen LogP contribution in [0.1, 0.15) is 32.0 Å². The summed E-state index contributed by atoms with van der Waals surface area (Å²) < 4.78 is 1.75. The van der Waals surface area contributed by atoms with Crippen LogP contribution in [-0.2, 0) is 0 Å². The number of hydrogen-bond acceptors (Lipinski definition) is 4. The summed E-state index contributed by atoms with van der Waals surface area (Å²) in [6, 6.07) is 8.86. The van der Waals surface area contributed by atoms with Gasteiger partial charge in [0, 0.05) is 11.7 Å². The minimum atomic E-state index is 0.588. The number of aromatic nitrogens is 4. The van der Waals surface area contributed by atoms with Gasteiger partial charge in [0.1, 0.15) is 0 Å². The molecular weight excluding hydrogens is 238 g/mol. The van der Waals surface area contributed by atoms with Crippen LogP contribution in [0.15, 0.2) is 24.3 Å². The highest BCUT2D eigenvalue weighted by atomic mass is 15.5. The van der Waals surface area contributed by atoms with Gasteiger partial charge >= 0.3 is 0 Å². The standard InChI is InChI=1S/C14H19N5/c1-3-14(11-7-8-11)15-12-5-4-6-13(9-12)19-10(2)16-17-18-19/h4-6,9,11,14-15H,3,7-8H2,1-2H3. The molecule has 1 N–H and O–H groups in total. The van der Waals surface area contributed by atoms with E-state index < -0.39 is 0 Å². The van der Waals surface area contributed by atoms with Crippen LogP contribution in [0.25, 0.3) is 5.69 Å². The molecule has 1 unspecified atom stereocenters. The van der Waals surface area contributed by atoms with Crippen LogP contribution >= 0.6 is 0 Å². The normalized spacial score (nSPS) is 16.3. The molecule has 100 valence electrons. The minimum absolute atomic E-state index is 0.588. The monoisotopic (exact) mass is 257 g/mol. The number of anilines is 1. The van der Waals surface area contributed by atoms with Gasteiger partial charge in [-0.25, -0.2) is 0 Å². The molecule has 3 rings (SSSR count). The first-order valence-electron chi connectivity index (χ1n) is 6.90. The highest BCUT2D eigenvalue weighted by Crippen LogP contribution is 2.35. The van der Waals surface area contributed by atoms with E-state index in [1.807, 2.05) is 19.1 Å². The van der Waals surface area contributed by atoms with Gasteiger partial charge in [-0.05, 0) is 60.7 Å². The molecule has 2 aromatic rings. The average molecular weight is 257 g/mol. The predicted molar refractivity (Wildman–Crippen MR) is 74.3 cm³/mol. The van der Waals surface area contributed by atoms with Gasteiger partial charge in [0.15, 0.2) is 5.82 Å². The maximum Gasteiger partial charge on any atom is 0.153 e. The van der Waals surface area contributed by atoms with E-state index in [0.29, 0.717) is 6.04 Å². The van der Waals surface area contributed by atoms with Gasteiger partial charge in [-0.1, -0.05) is 13.0 Å². The third-order valence-corrected chi connectivity index (χ3v) is 3.70. The molecule has 5 heteroatoms. The Labute approximate surface area is 113 Å². The Kier molecular flexibility index (Phi) is 3.19. The van der Waals surface area contributed by atoms with Crippen molar-refractivity contribution in [3.05, 3.63) is 30.1 Å². The molecule has 1 aromatic carbocycles. The van der Waals surface area contributed by atoms with Crippen molar-refractivity contribution < 1.29 is 0 Å². The summed E-state index contributed by atoms with van der Waals surface area (Å²) in [4.78, 5) is 0. The van der Waals surface area contributed by atoms with Crippen LogP contribution in [0, 0.1) is 12.8 Å². The van der Waals surface area contributed by atoms with Gasteiger partial charge in [-0.15, -0.1) is 5.10 Å². The van der Waals surface area contributed by atoms with E-state index in [1.54, 1.807) is 4.68 Å². The number of benzene rings is 1. The summed E-state index contributed by atoms with van der Waals surface area (Å²) in [6.45, 7) is 4.14. The zero-order valence-corrected chi connectivity index (χ0v) is 11.4. The van der Waals surface area contributed by atoms with Gasteiger partial charge in [0.25, 0.3) is 0 Å². The van der Waals surface area contributed by atoms with Crippen LogP contribution < -0.4 is 5.32 Å². The Balaban J connectivity index is 1.81. The van der Waals surface area contributed by atoms with Crippen LogP contribution in [-0.4, -0.2) is 26.2 Å². The lowest BCUT2D eigenvalue weighted by Gasteiger charge is -2.18. The second kappa shape index (κ2) is 4.99. The van der Waals surface area contributed by atoms with Crippen LogP contribution in [0.2, 0.25) is 0 Å². The molecule has 0 saturated heterocycles. The summed E-state index contributed by atoms with van der Waals surface area (Å²) in [5.41, 5.74) is 2.14. The fraction of sp³-hybridized carbons (Fsp3) is 0.500. The predicted octanol–water partition coefficient (Wildman–Crippen LogP) is 2.57. The number of aryl methyl sites for hydroxylation is 1. The molecule has 1 aliphatic rings. The second-order valence-electron chi connectivity index (χ2n) is 5.18. The maximum atomic E-state index is 4.00. The van der Waals surface area contributed by atoms with Crippen molar-refractivity contribution in [3.8, 4) is 5.69 Å². The number of tetrazole rings is 1. The molecule has 0 amide bonds. The van der Waals surface area contributed by atoms with Crippen molar-refractivity contribution in [1.29, 1.82) is 0 Å². The topological polar surface area (TPSA) is 55.6 Å². The van der Waals surface area contributed by atoms with Gasteiger partial charge < -0.3 is 5.32 Å². The highest BCUT2D eigenvalue weighted by molar-refractivity contribution is 5.51. The molecule has 0 aliphatic heterocycles. The smallest absolute Gasteiger partial charge is 0.153 e. The Hall–Kier alpha value is -1.91. The minimum Gasteiger partial charge on any atom is -0.382 e. The zero-order valence-electron chi connectivity index (χ0n) is 11.4. The molecule has 0 bridgehead atoms. The molecule has 1 heterocycles. The Morgan fingerprint density at radius 2 is 2.26 bits per heavy atom. The third-order valence-electron chi connectivity index (χ3n) is 3.70. The SMILES string of the molecule is CCC(Nc1cccc(-n2nnnc2C)c1)C1CC1. The molecule has 0 radical (unpaired) electrons. The van der Waals surface area contributed by atoms with Crippen LogP contribution in [0.4, 0.5) is 5.69 Å². The number of hydrogen-bond donors (Lipinski definition) is 1. The molecule has 0 spiro atoms. The quantitative estimate of drug-likeness (QED) is 0.894. The first-order chi connectivity index (χ1) is 9.28. The lowest BCUT2D eigenvalue weighted by molar-refractivity contribution is 0.616. The molecule has 1 fully saturated rings. The van der Waals surface area contributed by atoms with Gasteiger partial charge in [0.2, 0.25) is 0 Å². The lowest BCUT2D eigenvalue weighted by Crippen LogP contribution is -2.20. The zero-order chi connectivity index (χ0) is 13.2. The Morgan fingerprint density at radius 1 is 1.42 bits per heavy atom. The summed E-state index contributed by atoms with van der Waals surface area (Å²) in [6.07, 6.45) is 3.88. The van der Waals surface area contributed by atoms with E-state index in [4.69, 9.17) is 0 Å². The van der Waals surface area contributed by atoms with Crippen molar-refractivity contribution in [2.75, 3.05) is 5.32 Å². The van der Waals surface area contributed by atoms with Crippen molar-refractivity contribution in [3.63, 3.8) is 0 Å². The fourth-order valence-corrected chi connectivity index (χ4v) is 2.46. The van der Waals surface area contributed by atoms with Gasteiger partial charge in [0.05, 0.1) is 5.69 Å². The maximum absolute atomic E-state index is 4.00. The second-order valence-corrected chi connectivity index (χ2v) is 5.18. The molecule has 1 saturated carbocycles. The average Bonchev–Trinajstić information content (AvgIpc) is 3.18. The van der Waals surface area contributed by atoms with Crippen molar-refractivity contribution >= 4 is 5.69 Å². The number of nitrogens with one attached hydrogen (secondary N) is 1. The summed E-state index contributed by atoms with van der Waals surface area (Å²) in [5.74, 6) is 1.65. The molecule has 1 aromatic heterocycles. The summed E-state index contributed by atoms with van der Waals surface area (Å²) >= 11 is 0. The highest BCUT2D eigenvalue weighted by Gasteiger charge is 2.29. The van der Waals surface area contributed by atoms with E-state index in [-0.39, 0.29) is 0 Å². The Bertz CT molecular complexity index is 558.